The van der Waals surface area contributed by atoms with Crippen LogP contribution in [0.25, 0.3) is 0 Å². The first-order valence-electron chi connectivity index (χ1n) is 11.6. The smallest absolute Gasteiger partial charge is 0.228 e. The summed E-state index contributed by atoms with van der Waals surface area (Å²) in [5, 5.41) is 0. The number of hydrogen-bond donors (Lipinski definition) is 0. The van der Waals surface area contributed by atoms with Crippen molar-refractivity contribution in [2.45, 2.75) is 26.3 Å². The van der Waals surface area contributed by atoms with Crippen molar-refractivity contribution in [3.05, 3.63) is 53.6 Å². The van der Waals surface area contributed by atoms with Crippen LogP contribution in [0, 0.1) is 12.8 Å². The average molecular weight is 452 g/mol. The Morgan fingerprint density at radius 3 is 2.55 bits per heavy atom. The van der Waals surface area contributed by atoms with Gasteiger partial charge in [0, 0.05) is 57.4 Å². The van der Waals surface area contributed by atoms with Crippen LogP contribution in [0.5, 0.6) is 11.5 Å². The molecule has 33 heavy (non-hydrogen) atoms. The third kappa shape index (κ3) is 5.14. The van der Waals surface area contributed by atoms with E-state index < -0.39 is 0 Å². The SMILES string of the molecule is COc1ccc(N2CC(C(=O)N3CCCN(Cc4ccccc4C)CC3)CC2=O)cc1OC. The van der Waals surface area contributed by atoms with Gasteiger partial charge in [-0.2, -0.15) is 0 Å². The molecule has 0 aliphatic carbocycles. The Bertz CT molecular complexity index is 1010. The van der Waals surface area contributed by atoms with Crippen LogP contribution in [-0.2, 0) is 16.1 Å². The summed E-state index contributed by atoms with van der Waals surface area (Å²) >= 11 is 0. The maximum Gasteiger partial charge on any atom is 0.228 e. The molecule has 0 saturated carbocycles. The van der Waals surface area contributed by atoms with Gasteiger partial charge in [0.05, 0.1) is 20.1 Å². The minimum atomic E-state index is -0.312. The Kier molecular flexibility index (Phi) is 7.18. The second-order valence-corrected chi connectivity index (χ2v) is 8.83. The Morgan fingerprint density at radius 2 is 1.79 bits per heavy atom. The molecule has 0 bridgehead atoms. The molecule has 2 aromatic rings. The van der Waals surface area contributed by atoms with Crippen LogP contribution in [0.2, 0.25) is 0 Å². The molecule has 2 aliphatic rings. The lowest BCUT2D eigenvalue weighted by atomic mass is 10.1. The predicted octanol–water partition coefficient (Wildman–Crippen LogP) is 3.10. The normalized spacial score (nSPS) is 19.5. The highest BCUT2D eigenvalue weighted by atomic mass is 16.5. The molecular formula is C26H33N3O4. The molecule has 7 heteroatoms. The van der Waals surface area contributed by atoms with Gasteiger partial charge in [0.25, 0.3) is 0 Å². The van der Waals surface area contributed by atoms with E-state index in [0.29, 0.717) is 24.6 Å². The molecule has 7 nitrogen and oxygen atoms in total. The van der Waals surface area contributed by atoms with Crippen LogP contribution in [0.15, 0.2) is 42.5 Å². The number of carbonyl (C=O) groups is 2. The van der Waals surface area contributed by atoms with Crippen LogP contribution in [-0.4, -0.2) is 68.6 Å². The molecule has 1 atom stereocenters. The minimum Gasteiger partial charge on any atom is -0.493 e. The van der Waals surface area contributed by atoms with Crippen molar-refractivity contribution in [2.75, 3.05) is 51.8 Å². The summed E-state index contributed by atoms with van der Waals surface area (Å²) in [4.78, 5) is 32.1. The summed E-state index contributed by atoms with van der Waals surface area (Å²) in [5.41, 5.74) is 3.37. The van der Waals surface area contributed by atoms with Crippen LogP contribution in [0.4, 0.5) is 5.69 Å². The highest BCUT2D eigenvalue weighted by molar-refractivity contribution is 6.00. The van der Waals surface area contributed by atoms with Crippen molar-refractivity contribution in [3.8, 4) is 11.5 Å². The lowest BCUT2D eigenvalue weighted by molar-refractivity contribution is -0.135. The number of nitrogens with zero attached hydrogens (tertiary/aromatic N) is 3. The molecule has 0 aromatic heterocycles. The Balaban J connectivity index is 1.37. The molecule has 2 fully saturated rings. The fourth-order valence-corrected chi connectivity index (χ4v) is 4.75. The first kappa shape index (κ1) is 23.1. The van der Waals surface area contributed by atoms with E-state index >= 15 is 0 Å². The standard InChI is InChI=1S/C26H33N3O4/c1-19-7-4-5-8-20(19)17-27-11-6-12-28(14-13-27)26(31)21-15-25(30)29(18-21)22-9-10-23(32-2)24(16-22)33-3/h4-5,7-10,16,21H,6,11-15,17-18H2,1-3H3. The van der Waals surface area contributed by atoms with Crippen molar-refractivity contribution >= 4 is 17.5 Å². The number of anilines is 1. The van der Waals surface area contributed by atoms with E-state index in [1.165, 1.54) is 11.1 Å². The van der Waals surface area contributed by atoms with E-state index in [9.17, 15) is 9.59 Å². The molecule has 176 valence electrons. The van der Waals surface area contributed by atoms with Crippen LogP contribution in [0.1, 0.15) is 24.0 Å². The Labute approximate surface area is 195 Å². The van der Waals surface area contributed by atoms with Gasteiger partial charge in [-0.15, -0.1) is 0 Å². The molecule has 2 amide bonds. The predicted molar refractivity (Wildman–Crippen MR) is 128 cm³/mol. The van der Waals surface area contributed by atoms with Crippen molar-refractivity contribution in [1.29, 1.82) is 0 Å². The monoisotopic (exact) mass is 451 g/mol. The van der Waals surface area contributed by atoms with E-state index in [4.69, 9.17) is 9.47 Å². The molecule has 0 radical (unpaired) electrons. The fourth-order valence-electron chi connectivity index (χ4n) is 4.75. The minimum absolute atomic E-state index is 0.0310. The number of amides is 2. The first-order chi connectivity index (χ1) is 16.0. The van der Waals surface area contributed by atoms with E-state index in [0.717, 1.165) is 38.3 Å². The zero-order chi connectivity index (χ0) is 23.4. The first-order valence-corrected chi connectivity index (χ1v) is 11.6. The summed E-state index contributed by atoms with van der Waals surface area (Å²) in [6.07, 6.45) is 1.19. The number of ether oxygens (including phenoxy) is 2. The fraction of sp³-hybridized carbons (Fsp3) is 0.462. The van der Waals surface area contributed by atoms with Gasteiger partial charge in [0.2, 0.25) is 11.8 Å². The Hall–Kier alpha value is -3.06. The number of methoxy groups -OCH3 is 2. The lowest BCUT2D eigenvalue weighted by Crippen LogP contribution is -2.40. The Morgan fingerprint density at radius 1 is 1.00 bits per heavy atom. The molecule has 4 rings (SSSR count). The zero-order valence-electron chi connectivity index (χ0n) is 19.8. The van der Waals surface area contributed by atoms with E-state index in [1.807, 2.05) is 11.0 Å². The molecule has 0 N–H and O–H groups in total. The summed E-state index contributed by atoms with van der Waals surface area (Å²) in [6, 6.07) is 13.9. The third-order valence-electron chi connectivity index (χ3n) is 6.71. The number of carbonyl (C=O) groups excluding carboxylic acids is 2. The van der Waals surface area contributed by atoms with Crippen LogP contribution in [0.3, 0.4) is 0 Å². The van der Waals surface area contributed by atoms with Gasteiger partial charge in [-0.1, -0.05) is 24.3 Å². The van der Waals surface area contributed by atoms with Gasteiger partial charge in [-0.05, 0) is 36.6 Å². The number of rotatable bonds is 6. The summed E-state index contributed by atoms with van der Waals surface area (Å²) < 4.78 is 10.7. The van der Waals surface area contributed by atoms with E-state index in [-0.39, 0.29) is 24.2 Å². The summed E-state index contributed by atoms with van der Waals surface area (Å²) in [5.74, 6) is 0.924. The van der Waals surface area contributed by atoms with Gasteiger partial charge < -0.3 is 19.3 Å². The van der Waals surface area contributed by atoms with Gasteiger partial charge >= 0.3 is 0 Å². The van der Waals surface area contributed by atoms with Crippen molar-refractivity contribution < 1.29 is 19.1 Å². The number of hydrogen-bond acceptors (Lipinski definition) is 5. The average Bonchev–Trinajstić information content (AvgIpc) is 3.07. The molecule has 0 spiro atoms. The van der Waals surface area contributed by atoms with Crippen LogP contribution < -0.4 is 14.4 Å². The molecule has 2 saturated heterocycles. The number of aryl methyl sites for hydroxylation is 1. The highest BCUT2D eigenvalue weighted by Crippen LogP contribution is 2.34. The number of benzene rings is 2. The zero-order valence-corrected chi connectivity index (χ0v) is 19.8. The highest BCUT2D eigenvalue weighted by Gasteiger charge is 2.37. The topological polar surface area (TPSA) is 62.3 Å². The third-order valence-corrected chi connectivity index (χ3v) is 6.71. The molecule has 2 aromatic carbocycles. The summed E-state index contributed by atoms with van der Waals surface area (Å²) in [7, 11) is 3.15. The second kappa shape index (κ2) is 10.3. The summed E-state index contributed by atoms with van der Waals surface area (Å²) in [6.45, 7) is 6.71. The van der Waals surface area contributed by atoms with E-state index in [1.54, 1.807) is 31.3 Å². The van der Waals surface area contributed by atoms with Gasteiger partial charge in [-0.25, -0.2) is 0 Å². The molecule has 2 aliphatic heterocycles. The van der Waals surface area contributed by atoms with E-state index in [2.05, 4.69) is 36.1 Å². The second-order valence-electron chi connectivity index (χ2n) is 8.83. The van der Waals surface area contributed by atoms with Gasteiger partial charge in [0.1, 0.15) is 0 Å². The molecule has 1 unspecified atom stereocenters. The maximum atomic E-state index is 13.3. The lowest BCUT2D eigenvalue weighted by Gasteiger charge is -2.25. The molecule has 2 heterocycles. The molecular weight excluding hydrogens is 418 g/mol. The largest absolute Gasteiger partial charge is 0.493 e. The quantitative estimate of drug-likeness (QED) is 0.676. The van der Waals surface area contributed by atoms with Crippen molar-refractivity contribution in [3.63, 3.8) is 0 Å². The van der Waals surface area contributed by atoms with Crippen molar-refractivity contribution in [2.24, 2.45) is 5.92 Å². The van der Waals surface area contributed by atoms with Gasteiger partial charge in [0.15, 0.2) is 11.5 Å². The van der Waals surface area contributed by atoms with Crippen LogP contribution >= 0.6 is 0 Å². The van der Waals surface area contributed by atoms with Gasteiger partial charge in [-0.3, -0.25) is 14.5 Å². The maximum absolute atomic E-state index is 13.3. The van der Waals surface area contributed by atoms with Crippen molar-refractivity contribution in [1.82, 2.24) is 9.80 Å².